The Morgan fingerprint density at radius 3 is 2.79 bits per heavy atom. The topological polar surface area (TPSA) is 117 Å². The average molecular weight is 470 g/mol. The number of aromatic nitrogens is 3. The van der Waals surface area contributed by atoms with E-state index in [1.54, 1.807) is 35.6 Å². The summed E-state index contributed by atoms with van der Waals surface area (Å²) in [5.74, 6) is -0.132. The monoisotopic (exact) mass is 470 g/mol. The van der Waals surface area contributed by atoms with E-state index in [0.717, 1.165) is 5.69 Å². The van der Waals surface area contributed by atoms with E-state index in [0.29, 0.717) is 43.4 Å². The number of carbonyl (C=O) groups excluding carboxylic acids is 2. The van der Waals surface area contributed by atoms with Crippen LogP contribution in [0.2, 0.25) is 0 Å². The minimum Gasteiger partial charge on any atom is -0.471 e. The number of nitrogens with zero attached hydrogens (tertiary/aromatic N) is 5. The average Bonchev–Trinajstić information content (AvgIpc) is 3.61. The zero-order valence-electron chi connectivity index (χ0n) is 18.2. The van der Waals surface area contributed by atoms with Crippen LogP contribution >= 0.6 is 0 Å². The van der Waals surface area contributed by atoms with Gasteiger partial charge in [-0.25, -0.2) is 14.2 Å². The molecule has 2 saturated heterocycles. The SMILES string of the molecule is O=C(Cc1cnc[nH]1)N1CCN(c2ccc(N3C[C@H](COc4ccon4)OC3=O)cc2F)CC1. The van der Waals surface area contributed by atoms with Crippen LogP contribution in [0.25, 0.3) is 0 Å². The molecule has 1 N–H and O–H groups in total. The first-order chi connectivity index (χ1) is 16.6. The number of amides is 2. The molecule has 11 nitrogen and oxygen atoms in total. The molecular weight excluding hydrogens is 447 g/mol. The number of carbonyl (C=O) groups is 2. The van der Waals surface area contributed by atoms with E-state index in [1.165, 1.54) is 17.2 Å². The number of ether oxygens (including phenoxy) is 2. The maximum absolute atomic E-state index is 15.0. The van der Waals surface area contributed by atoms with E-state index in [9.17, 15) is 14.0 Å². The number of benzene rings is 1. The molecule has 2 amide bonds. The molecule has 0 radical (unpaired) electrons. The molecule has 1 atom stereocenters. The number of H-pyrrole nitrogens is 1. The maximum atomic E-state index is 15.0. The first kappa shape index (κ1) is 21.7. The largest absolute Gasteiger partial charge is 0.471 e. The standard InChI is InChI=1S/C22H23FN6O5/c23-18-10-16(29-12-17(34-22(29)31)13-32-20-3-8-33-26-20)1-2-19(18)27-4-6-28(7-5-27)21(30)9-15-11-24-14-25-15/h1-3,8,10-11,14,17H,4-7,9,12-13H2,(H,24,25)/t17-/m1/s1. The number of anilines is 2. The number of halogens is 1. The van der Waals surface area contributed by atoms with Gasteiger partial charge >= 0.3 is 6.09 Å². The third kappa shape index (κ3) is 4.65. The number of rotatable bonds is 7. The van der Waals surface area contributed by atoms with Crippen molar-refractivity contribution in [1.82, 2.24) is 20.0 Å². The van der Waals surface area contributed by atoms with Crippen molar-refractivity contribution in [2.45, 2.75) is 12.5 Å². The van der Waals surface area contributed by atoms with Crippen molar-refractivity contribution >= 4 is 23.4 Å². The Hall–Kier alpha value is -4.09. The summed E-state index contributed by atoms with van der Waals surface area (Å²) in [6.45, 7) is 2.36. The van der Waals surface area contributed by atoms with Gasteiger partial charge in [-0.05, 0) is 23.4 Å². The molecule has 0 bridgehead atoms. The second-order valence-electron chi connectivity index (χ2n) is 8.02. The Labute approximate surface area is 194 Å². The molecule has 0 aliphatic carbocycles. The fraction of sp³-hybridized carbons (Fsp3) is 0.364. The lowest BCUT2D eigenvalue weighted by Crippen LogP contribution is -2.49. The summed E-state index contributed by atoms with van der Waals surface area (Å²) in [5.41, 5.74) is 1.60. The molecule has 1 aromatic carbocycles. The van der Waals surface area contributed by atoms with E-state index < -0.39 is 18.0 Å². The number of cyclic esters (lactones) is 1. The summed E-state index contributed by atoms with van der Waals surface area (Å²) >= 11 is 0. The highest BCUT2D eigenvalue weighted by Gasteiger charge is 2.33. The molecule has 0 saturated carbocycles. The maximum Gasteiger partial charge on any atom is 0.414 e. The van der Waals surface area contributed by atoms with Crippen molar-refractivity contribution in [1.29, 1.82) is 0 Å². The minimum atomic E-state index is -0.565. The molecule has 2 aliphatic rings. The Morgan fingerprint density at radius 2 is 2.09 bits per heavy atom. The number of aromatic amines is 1. The van der Waals surface area contributed by atoms with Crippen molar-refractivity contribution in [3.63, 3.8) is 0 Å². The third-order valence-electron chi connectivity index (χ3n) is 5.82. The van der Waals surface area contributed by atoms with Gasteiger partial charge in [-0.1, -0.05) is 0 Å². The lowest BCUT2D eigenvalue weighted by atomic mass is 10.2. The fourth-order valence-electron chi connectivity index (χ4n) is 4.05. The lowest BCUT2D eigenvalue weighted by Gasteiger charge is -2.36. The van der Waals surface area contributed by atoms with Crippen LogP contribution < -0.4 is 14.5 Å². The van der Waals surface area contributed by atoms with Crippen molar-refractivity contribution in [3.05, 3.63) is 54.6 Å². The Morgan fingerprint density at radius 1 is 1.24 bits per heavy atom. The van der Waals surface area contributed by atoms with Crippen LogP contribution in [0.15, 0.2) is 47.6 Å². The molecular formula is C22H23FN6O5. The number of hydrogen-bond donors (Lipinski definition) is 1. The van der Waals surface area contributed by atoms with Crippen LogP contribution in [-0.4, -0.2) is 77.5 Å². The highest BCUT2D eigenvalue weighted by atomic mass is 19.1. The predicted molar refractivity (Wildman–Crippen MR) is 117 cm³/mol. The molecule has 2 aromatic heterocycles. The summed E-state index contributed by atoms with van der Waals surface area (Å²) in [6.07, 6.45) is 3.74. The molecule has 3 aromatic rings. The number of piperazine rings is 1. The predicted octanol–water partition coefficient (Wildman–Crippen LogP) is 1.83. The van der Waals surface area contributed by atoms with E-state index in [2.05, 4.69) is 15.1 Å². The van der Waals surface area contributed by atoms with Gasteiger partial charge in [0.2, 0.25) is 5.91 Å². The van der Waals surface area contributed by atoms with E-state index in [-0.39, 0.29) is 25.5 Å². The zero-order chi connectivity index (χ0) is 23.5. The molecule has 2 fully saturated rings. The van der Waals surface area contributed by atoms with E-state index in [4.69, 9.17) is 14.0 Å². The number of hydrogen-bond acceptors (Lipinski definition) is 8. The van der Waals surface area contributed by atoms with Gasteiger partial charge in [-0.15, -0.1) is 0 Å². The summed E-state index contributed by atoms with van der Waals surface area (Å²) in [7, 11) is 0. The van der Waals surface area contributed by atoms with Crippen molar-refractivity contribution in [2.75, 3.05) is 49.1 Å². The molecule has 178 valence electrons. The van der Waals surface area contributed by atoms with Crippen LogP contribution in [-0.2, 0) is 16.0 Å². The fourth-order valence-corrected chi connectivity index (χ4v) is 4.05. The molecule has 4 heterocycles. The molecule has 2 aliphatic heterocycles. The number of imidazole rings is 1. The van der Waals surface area contributed by atoms with E-state index in [1.807, 2.05) is 4.90 Å². The summed E-state index contributed by atoms with van der Waals surface area (Å²) in [6, 6.07) is 6.22. The van der Waals surface area contributed by atoms with Crippen LogP contribution in [0.5, 0.6) is 5.88 Å². The van der Waals surface area contributed by atoms with Crippen molar-refractivity contribution < 1.29 is 28.0 Å². The second kappa shape index (κ2) is 9.41. The van der Waals surface area contributed by atoms with Gasteiger partial charge in [0.25, 0.3) is 5.88 Å². The van der Waals surface area contributed by atoms with Crippen molar-refractivity contribution in [3.8, 4) is 5.88 Å². The zero-order valence-corrected chi connectivity index (χ0v) is 18.2. The van der Waals surface area contributed by atoms with Crippen LogP contribution in [0, 0.1) is 5.82 Å². The lowest BCUT2D eigenvalue weighted by molar-refractivity contribution is -0.130. The van der Waals surface area contributed by atoms with E-state index >= 15 is 0 Å². The van der Waals surface area contributed by atoms with Crippen molar-refractivity contribution in [2.24, 2.45) is 0 Å². The highest BCUT2D eigenvalue weighted by molar-refractivity contribution is 5.90. The van der Waals surface area contributed by atoms with Gasteiger partial charge in [0, 0.05) is 44.1 Å². The Bertz CT molecular complexity index is 1130. The Balaban J connectivity index is 1.16. The summed E-state index contributed by atoms with van der Waals surface area (Å²) in [5, 5.41) is 3.64. The van der Waals surface area contributed by atoms with Crippen LogP contribution in [0.1, 0.15) is 5.69 Å². The summed E-state index contributed by atoms with van der Waals surface area (Å²) < 4.78 is 30.4. The number of nitrogens with one attached hydrogen (secondary N) is 1. The first-order valence-electron chi connectivity index (χ1n) is 10.9. The minimum absolute atomic E-state index is 0.00866. The van der Waals surface area contributed by atoms with Gasteiger partial charge in [0.1, 0.15) is 18.7 Å². The van der Waals surface area contributed by atoms with Gasteiger partial charge in [0.05, 0.1) is 30.7 Å². The third-order valence-corrected chi connectivity index (χ3v) is 5.82. The highest BCUT2D eigenvalue weighted by Crippen LogP contribution is 2.29. The Kier molecular flexibility index (Phi) is 6.02. The van der Waals surface area contributed by atoms with Gasteiger partial charge in [-0.3, -0.25) is 9.69 Å². The molecule has 5 rings (SSSR count). The quantitative estimate of drug-likeness (QED) is 0.556. The molecule has 0 spiro atoms. The normalized spacial score (nSPS) is 18.3. The molecule has 0 unspecified atom stereocenters. The summed E-state index contributed by atoms with van der Waals surface area (Å²) in [4.78, 5) is 36.6. The molecule has 12 heteroatoms. The first-order valence-corrected chi connectivity index (χ1v) is 10.9. The van der Waals surface area contributed by atoms with Gasteiger partial charge in [-0.2, -0.15) is 0 Å². The van der Waals surface area contributed by atoms with Gasteiger partial charge < -0.3 is 28.8 Å². The van der Waals surface area contributed by atoms with Gasteiger partial charge in [0.15, 0.2) is 6.10 Å². The molecule has 34 heavy (non-hydrogen) atoms. The van der Waals surface area contributed by atoms with Crippen LogP contribution in [0.4, 0.5) is 20.6 Å². The smallest absolute Gasteiger partial charge is 0.414 e. The second-order valence-corrected chi connectivity index (χ2v) is 8.02. The van der Waals surface area contributed by atoms with Crippen LogP contribution in [0.3, 0.4) is 0 Å².